The monoisotopic (exact) mass is 403 g/mol. The molecule has 3 aromatic carbocycles. The molecule has 4 rings (SSSR count). The molecule has 29 heavy (non-hydrogen) atoms. The maximum atomic E-state index is 12.8. The van der Waals surface area contributed by atoms with E-state index in [9.17, 15) is 4.79 Å². The van der Waals surface area contributed by atoms with Crippen molar-refractivity contribution in [3.63, 3.8) is 0 Å². The second kappa shape index (κ2) is 8.50. The molecular weight excluding hydrogens is 382 g/mol. The number of halogens is 1. The van der Waals surface area contributed by atoms with Gasteiger partial charge in [-0.2, -0.15) is 5.10 Å². The van der Waals surface area contributed by atoms with Crippen LogP contribution >= 0.6 is 11.6 Å². The minimum atomic E-state index is -0.438. The first-order chi connectivity index (χ1) is 14.1. The topological polar surface area (TPSA) is 46.9 Å². The second-order valence-electron chi connectivity index (χ2n) is 7.02. The maximum Gasteiger partial charge on any atom is 0.244 e. The van der Waals surface area contributed by atoms with Crippen molar-refractivity contribution in [1.29, 1.82) is 0 Å². The fourth-order valence-electron chi connectivity index (χ4n) is 3.45. The molecular formula is C24H22ClN3O. The predicted molar refractivity (Wildman–Crippen MR) is 118 cm³/mol. The van der Waals surface area contributed by atoms with E-state index in [1.54, 1.807) is 4.68 Å². The summed E-state index contributed by atoms with van der Waals surface area (Å²) in [5.74, 6) is -0.0557. The number of amides is 1. The Hall–Kier alpha value is -3.11. The first-order valence-electron chi connectivity index (χ1n) is 9.68. The summed E-state index contributed by atoms with van der Waals surface area (Å²) in [6.45, 7) is 2.46. The first-order valence-corrected chi connectivity index (χ1v) is 10.1. The van der Waals surface area contributed by atoms with Crippen LogP contribution < -0.4 is 5.32 Å². The molecule has 0 saturated carbocycles. The number of aromatic nitrogens is 2. The van der Waals surface area contributed by atoms with E-state index in [0.29, 0.717) is 11.6 Å². The molecule has 1 atom stereocenters. The number of nitrogens with one attached hydrogen (secondary N) is 1. The van der Waals surface area contributed by atoms with Gasteiger partial charge in [0.25, 0.3) is 0 Å². The third-order valence-corrected chi connectivity index (χ3v) is 5.25. The van der Waals surface area contributed by atoms with E-state index in [1.165, 1.54) is 5.56 Å². The van der Waals surface area contributed by atoms with Gasteiger partial charge in [0, 0.05) is 22.5 Å². The molecule has 0 bridgehead atoms. The molecule has 0 aliphatic heterocycles. The first kappa shape index (κ1) is 19.2. The minimum Gasteiger partial charge on any atom is -0.354 e. The smallest absolute Gasteiger partial charge is 0.244 e. The number of carbonyl (C=O) groups is 1. The largest absolute Gasteiger partial charge is 0.354 e. The van der Waals surface area contributed by atoms with Crippen LogP contribution in [0.4, 0.5) is 0 Å². The lowest BCUT2D eigenvalue weighted by Gasteiger charge is -2.14. The third kappa shape index (κ3) is 4.17. The van der Waals surface area contributed by atoms with Gasteiger partial charge in [0.2, 0.25) is 5.91 Å². The summed E-state index contributed by atoms with van der Waals surface area (Å²) in [6.07, 6.45) is 0.796. The molecule has 0 radical (unpaired) electrons. The zero-order valence-electron chi connectivity index (χ0n) is 16.2. The van der Waals surface area contributed by atoms with Crippen molar-refractivity contribution < 1.29 is 4.79 Å². The number of carbonyl (C=O) groups excluding carboxylic acids is 1. The van der Waals surface area contributed by atoms with E-state index in [-0.39, 0.29) is 5.91 Å². The Balaban J connectivity index is 1.58. The number of benzene rings is 3. The number of fused-ring (bicyclic) bond motifs is 1. The minimum absolute atomic E-state index is 0.0557. The lowest BCUT2D eigenvalue weighted by atomic mass is 10.1. The number of rotatable bonds is 6. The Labute approximate surface area is 175 Å². The normalized spacial score (nSPS) is 12.1. The van der Waals surface area contributed by atoms with Crippen LogP contribution in [-0.4, -0.2) is 22.2 Å². The molecule has 0 unspecified atom stereocenters. The van der Waals surface area contributed by atoms with Crippen molar-refractivity contribution in [2.45, 2.75) is 19.4 Å². The summed E-state index contributed by atoms with van der Waals surface area (Å²) in [4.78, 5) is 12.8. The Morgan fingerprint density at radius 2 is 1.72 bits per heavy atom. The van der Waals surface area contributed by atoms with Crippen LogP contribution in [0.25, 0.3) is 22.2 Å². The van der Waals surface area contributed by atoms with Crippen molar-refractivity contribution in [3.8, 4) is 11.3 Å². The summed E-state index contributed by atoms with van der Waals surface area (Å²) in [5, 5.41) is 9.40. The Kier molecular flexibility index (Phi) is 5.63. The fraction of sp³-hybridized carbons (Fsp3) is 0.167. The van der Waals surface area contributed by atoms with E-state index in [0.717, 1.165) is 28.6 Å². The van der Waals surface area contributed by atoms with Gasteiger partial charge in [0.05, 0.1) is 5.52 Å². The van der Waals surface area contributed by atoms with Gasteiger partial charge in [0.1, 0.15) is 11.7 Å². The average Bonchev–Trinajstić information content (AvgIpc) is 3.13. The number of hydrogen-bond acceptors (Lipinski definition) is 2. The quantitative estimate of drug-likeness (QED) is 0.476. The van der Waals surface area contributed by atoms with Crippen molar-refractivity contribution in [1.82, 2.24) is 15.1 Å². The van der Waals surface area contributed by atoms with Gasteiger partial charge in [0.15, 0.2) is 0 Å². The van der Waals surface area contributed by atoms with Crippen LogP contribution in [-0.2, 0) is 11.2 Å². The van der Waals surface area contributed by atoms with E-state index < -0.39 is 6.04 Å². The highest BCUT2D eigenvalue weighted by atomic mass is 35.5. The second-order valence-corrected chi connectivity index (χ2v) is 7.46. The summed E-state index contributed by atoms with van der Waals surface area (Å²) < 4.78 is 1.78. The molecule has 0 fully saturated rings. The molecule has 146 valence electrons. The van der Waals surface area contributed by atoms with Gasteiger partial charge in [-0.3, -0.25) is 9.48 Å². The standard InChI is InChI=1S/C24H22ClN3O/c1-17(24(29)26-15-14-18-8-4-2-5-9-18)28-22-13-12-20(25)16-21(22)23(27-28)19-10-6-3-7-11-19/h2-13,16-17H,14-15H2,1H3,(H,26,29)/t17-/m0/s1. The Morgan fingerprint density at radius 3 is 2.45 bits per heavy atom. The maximum absolute atomic E-state index is 12.8. The van der Waals surface area contributed by atoms with E-state index in [2.05, 4.69) is 17.4 Å². The molecule has 4 nitrogen and oxygen atoms in total. The van der Waals surface area contributed by atoms with Gasteiger partial charge >= 0.3 is 0 Å². The van der Waals surface area contributed by atoms with Crippen LogP contribution in [0.15, 0.2) is 78.9 Å². The number of nitrogens with zero attached hydrogens (tertiary/aromatic N) is 2. The Morgan fingerprint density at radius 1 is 1.03 bits per heavy atom. The van der Waals surface area contributed by atoms with Crippen molar-refractivity contribution in [2.24, 2.45) is 0 Å². The average molecular weight is 404 g/mol. The Bertz CT molecular complexity index is 1120. The summed E-state index contributed by atoms with van der Waals surface area (Å²) in [6, 6.07) is 25.3. The van der Waals surface area contributed by atoms with E-state index in [1.807, 2.05) is 73.7 Å². The molecule has 1 amide bonds. The molecule has 0 aliphatic rings. The van der Waals surface area contributed by atoms with Gasteiger partial charge < -0.3 is 5.32 Å². The highest BCUT2D eigenvalue weighted by Gasteiger charge is 2.21. The van der Waals surface area contributed by atoms with Crippen LogP contribution in [0.2, 0.25) is 5.02 Å². The number of hydrogen-bond donors (Lipinski definition) is 1. The predicted octanol–water partition coefficient (Wildman–Crippen LogP) is 5.28. The molecule has 0 aliphatic carbocycles. The fourth-order valence-corrected chi connectivity index (χ4v) is 3.62. The molecule has 0 spiro atoms. The molecule has 5 heteroatoms. The van der Waals surface area contributed by atoms with Crippen molar-refractivity contribution in [3.05, 3.63) is 89.4 Å². The van der Waals surface area contributed by atoms with Crippen LogP contribution in [0.1, 0.15) is 18.5 Å². The van der Waals surface area contributed by atoms with Gasteiger partial charge in [-0.05, 0) is 37.1 Å². The van der Waals surface area contributed by atoms with Crippen molar-refractivity contribution in [2.75, 3.05) is 6.54 Å². The van der Waals surface area contributed by atoms with E-state index in [4.69, 9.17) is 16.7 Å². The van der Waals surface area contributed by atoms with Crippen LogP contribution in [0.5, 0.6) is 0 Å². The summed E-state index contributed by atoms with van der Waals surface area (Å²) in [7, 11) is 0. The van der Waals surface area contributed by atoms with Gasteiger partial charge in [-0.25, -0.2) is 0 Å². The highest BCUT2D eigenvalue weighted by molar-refractivity contribution is 6.31. The lowest BCUT2D eigenvalue weighted by Crippen LogP contribution is -2.32. The molecule has 1 N–H and O–H groups in total. The van der Waals surface area contributed by atoms with Crippen LogP contribution in [0.3, 0.4) is 0 Å². The van der Waals surface area contributed by atoms with E-state index >= 15 is 0 Å². The molecule has 1 aromatic heterocycles. The van der Waals surface area contributed by atoms with Gasteiger partial charge in [-0.15, -0.1) is 0 Å². The summed E-state index contributed by atoms with van der Waals surface area (Å²) >= 11 is 6.24. The molecule has 4 aromatic rings. The van der Waals surface area contributed by atoms with Gasteiger partial charge in [-0.1, -0.05) is 72.3 Å². The zero-order chi connectivity index (χ0) is 20.2. The SMILES string of the molecule is C[C@@H](C(=O)NCCc1ccccc1)n1nc(-c2ccccc2)c2cc(Cl)ccc21. The highest BCUT2D eigenvalue weighted by Crippen LogP contribution is 2.31. The molecule has 0 saturated heterocycles. The summed E-state index contributed by atoms with van der Waals surface area (Å²) in [5.41, 5.74) is 3.91. The van der Waals surface area contributed by atoms with Crippen LogP contribution in [0, 0.1) is 0 Å². The van der Waals surface area contributed by atoms with Crippen molar-refractivity contribution >= 4 is 28.4 Å². The molecule has 1 heterocycles. The zero-order valence-corrected chi connectivity index (χ0v) is 16.9. The lowest BCUT2D eigenvalue weighted by molar-refractivity contribution is -0.123. The third-order valence-electron chi connectivity index (χ3n) is 5.02.